The third-order valence-electron chi connectivity index (χ3n) is 5.45. The second kappa shape index (κ2) is 8.67. The molecule has 0 atom stereocenters. The average molecular weight is 440 g/mol. The second-order valence-electron chi connectivity index (χ2n) is 12.8. The molecule has 0 saturated carbocycles. The quantitative estimate of drug-likeness (QED) is 0.296. The third-order valence-corrected chi connectivity index (χ3v) is 5.45. The van der Waals surface area contributed by atoms with E-state index >= 15 is 0 Å². The van der Waals surface area contributed by atoms with Gasteiger partial charge in [0.1, 0.15) is 6.34 Å². The van der Waals surface area contributed by atoms with Crippen molar-refractivity contribution in [2.45, 2.75) is 105 Å². The van der Waals surface area contributed by atoms with Gasteiger partial charge in [0, 0.05) is 0 Å². The summed E-state index contributed by atoms with van der Waals surface area (Å²) in [6.45, 7) is 24.6. The van der Waals surface area contributed by atoms with Crippen LogP contribution >= 0.6 is 0 Å². The zero-order valence-corrected chi connectivity index (χ0v) is 22.2. The standard InChI is InChI=1S/C29H44N2O/c1-26(2,3)20-13-21(27(4,5)6)16-24(15-20)30-19-31(32)25-17-22(28(7,8)9)14-23(18-25)29(10,11)12/h13-19,32H,1-12H3/i13D,15D,16D. The van der Waals surface area contributed by atoms with Crippen LogP contribution in [0.4, 0.5) is 11.4 Å². The number of hydroxylamine groups is 1. The fraction of sp³-hybridized carbons (Fsp3) is 0.552. The van der Waals surface area contributed by atoms with Gasteiger partial charge < -0.3 is 0 Å². The normalized spacial score (nSPS) is 15.0. The van der Waals surface area contributed by atoms with E-state index in [1.54, 1.807) is 0 Å². The Bertz CT molecular complexity index is 1050. The van der Waals surface area contributed by atoms with E-state index in [1.807, 2.05) is 53.7 Å². The Labute approximate surface area is 200 Å². The highest BCUT2D eigenvalue weighted by molar-refractivity contribution is 5.79. The van der Waals surface area contributed by atoms with Crippen LogP contribution in [0.15, 0.2) is 41.3 Å². The molecule has 0 radical (unpaired) electrons. The maximum atomic E-state index is 11.0. The van der Waals surface area contributed by atoms with E-state index in [1.165, 1.54) is 6.34 Å². The molecule has 0 aliphatic carbocycles. The van der Waals surface area contributed by atoms with Gasteiger partial charge in [-0.25, -0.2) is 10.1 Å². The largest absolute Gasteiger partial charge is 0.283 e. The molecular weight excluding hydrogens is 392 g/mol. The smallest absolute Gasteiger partial charge is 0.122 e. The molecule has 0 heterocycles. The summed E-state index contributed by atoms with van der Waals surface area (Å²) in [5.74, 6) is 0. The molecule has 0 spiro atoms. The maximum absolute atomic E-state index is 11.0. The molecule has 0 aromatic heterocycles. The lowest BCUT2D eigenvalue weighted by atomic mass is 9.80. The SMILES string of the molecule is [2H]c1c(N=CN(O)c2cc(C(C)(C)C)cc(C(C)(C)C)c2)c([2H])c(C(C)(C)C)c([2H])c1C(C)(C)C. The van der Waals surface area contributed by atoms with Gasteiger partial charge in [-0.15, -0.1) is 0 Å². The van der Waals surface area contributed by atoms with Gasteiger partial charge in [-0.1, -0.05) is 95.2 Å². The van der Waals surface area contributed by atoms with Crippen LogP contribution in [-0.2, 0) is 21.7 Å². The molecule has 0 fully saturated rings. The highest BCUT2D eigenvalue weighted by Crippen LogP contribution is 2.34. The fourth-order valence-corrected chi connectivity index (χ4v) is 3.06. The van der Waals surface area contributed by atoms with Crippen LogP contribution in [0.3, 0.4) is 0 Å². The number of aliphatic imine (C=N–C) groups is 1. The number of rotatable bonds is 3. The van der Waals surface area contributed by atoms with Gasteiger partial charge in [-0.3, -0.25) is 5.21 Å². The molecule has 2 aromatic rings. The van der Waals surface area contributed by atoms with Gasteiger partial charge in [0.25, 0.3) is 0 Å². The Hall–Kier alpha value is -2.13. The molecule has 0 aliphatic rings. The molecule has 176 valence electrons. The highest BCUT2D eigenvalue weighted by Gasteiger charge is 2.22. The summed E-state index contributed by atoms with van der Waals surface area (Å²) in [5.41, 5.74) is 2.90. The average Bonchev–Trinajstić information content (AvgIpc) is 2.63. The van der Waals surface area contributed by atoms with Crippen molar-refractivity contribution < 1.29 is 9.32 Å². The Balaban J connectivity index is 2.72. The van der Waals surface area contributed by atoms with E-state index in [2.05, 4.69) is 52.6 Å². The molecule has 0 aliphatic heterocycles. The van der Waals surface area contributed by atoms with Crippen molar-refractivity contribution >= 4 is 17.7 Å². The van der Waals surface area contributed by atoms with E-state index in [4.69, 9.17) is 4.11 Å². The van der Waals surface area contributed by atoms with Crippen molar-refractivity contribution in [3.05, 3.63) is 58.6 Å². The molecule has 2 rings (SSSR count). The molecule has 0 unspecified atom stereocenters. The van der Waals surface area contributed by atoms with Crippen molar-refractivity contribution in [3.63, 3.8) is 0 Å². The molecule has 0 saturated heterocycles. The van der Waals surface area contributed by atoms with Crippen LogP contribution in [0.25, 0.3) is 0 Å². The van der Waals surface area contributed by atoms with Crippen molar-refractivity contribution in [1.29, 1.82) is 0 Å². The lowest BCUT2D eigenvalue weighted by Crippen LogP contribution is -2.21. The van der Waals surface area contributed by atoms with Crippen molar-refractivity contribution in [1.82, 2.24) is 0 Å². The van der Waals surface area contributed by atoms with Gasteiger partial charge in [-0.05, 0) is 68.1 Å². The molecule has 2 aromatic carbocycles. The highest BCUT2D eigenvalue weighted by atomic mass is 16.5. The lowest BCUT2D eigenvalue weighted by Gasteiger charge is -2.27. The minimum Gasteiger partial charge on any atom is -0.283 e. The van der Waals surface area contributed by atoms with Gasteiger partial charge in [-0.2, -0.15) is 0 Å². The minimum atomic E-state index is -0.465. The van der Waals surface area contributed by atoms with E-state index in [0.717, 1.165) is 16.2 Å². The number of anilines is 1. The molecular formula is C29H44N2O. The van der Waals surface area contributed by atoms with Gasteiger partial charge >= 0.3 is 0 Å². The zero-order chi connectivity index (χ0) is 27.3. The molecule has 3 nitrogen and oxygen atoms in total. The van der Waals surface area contributed by atoms with Gasteiger partial charge in [0.15, 0.2) is 0 Å². The lowest BCUT2D eigenvalue weighted by molar-refractivity contribution is 0.316. The summed E-state index contributed by atoms with van der Waals surface area (Å²) < 4.78 is 26.4. The summed E-state index contributed by atoms with van der Waals surface area (Å²) in [6, 6.07) is 6.41. The first kappa shape index (κ1) is 21.7. The molecule has 0 amide bonds. The van der Waals surface area contributed by atoms with E-state index in [-0.39, 0.29) is 34.6 Å². The summed E-state index contributed by atoms with van der Waals surface area (Å²) in [7, 11) is 0. The Morgan fingerprint density at radius 1 is 0.656 bits per heavy atom. The van der Waals surface area contributed by atoms with Crippen LogP contribution in [0, 0.1) is 0 Å². The zero-order valence-electron chi connectivity index (χ0n) is 25.2. The van der Waals surface area contributed by atoms with Gasteiger partial charge in [0.05, 0.1) is 15.5 Å². The van der Waals surface area contributed by atoms with Crippen LogP contribution in [0.2, 0.25) is 0 Å². The van der Waals surface area contributed by atoms with Gasteiger partial charge in [0.2, 0.25) is 0 Å². The second-order valence-corrected chi connectivity index (χ2v) is 12.8. The van der Waals surface area contributed by atoms with Crippen LogP contribution in [-0.4, -0.2) is 11.5 Å². The number of nitrogens with zero attached hydrogens (tertiary/aromatic N) is 2. The third kappa shape index (κ3) is 6.68. The summed E-state index contributed by atoms with van der Waals surface area (Å²) in [4.78, 5) is 4.45. The van der Waals surface area contributed by atoms with E-state index < -0.39 is 10.8 Å². The summed E-state index contributed by atoms with van der Waals surface area (Å²) in [5, 5.41) is 11.9. The number of hydrogen-bond donors (Lipinski definition) is 1. The topological polar surface area (TPSA) is 35.8 Å². The predicted molar refractivity (Wildman–Crippen MR) is 140 cm³/mol. The van der Waals surface area contributed by atoms with E-state index in [9.17, 15) is 5.21 Å². The van der Waals surface area contributed by atoms with Crippen LogP contribution in [0.1, 0.15) is 109 Å². The first-order valence-electron chi connectivity index (χ1n) is 12.9. The number of benzene rings is 2. The van der Waals surface area contributed by atoms with Crippen molar-refractivity contribution in [2.75, 3.05) is 5.06 Å². The monoisotopic (exact) mass is 439 g/mol. The Morgan fingerprint density at radius 2 is 1.03 bits per heavy atom. The fourth-order valence-electron chi connectivity index (χ4n) is 3.06. The molecule has 0 bridgehead atoms. The predicted octanol–water partition coefficient (Wildman–Crippen LogP) is 8.43. The number of hydrogen-bond acceptors (Lipinski definition) is 2. The summed E-state index contributed by atoms with van der Waals surface area (Å²) >= 11 is 0. The molecule has 3 heteroatoms. The van der Waals surface area contributed by atoms with Crippen LogP contribution in [0.5, 0.6) is 0 Å². The van der Waals surface area contributed by atoms with Crippen LogP contribution < -0.4 is 5.06 Å². The Kier molecular flexibility index (Phi) is 5.88. The Morgan fingerprint density at radius 3 is 1.38 bits per heavy atom. The van der Waals surface area contributed by atoms with Crippen molar-refractivity contribution in [2.24, 2.45) is 4.99 Å². The van der Waals surface area contributed by atoms with Crippen molar-refractivity contribution in [3.8, 4) is 0 Å². The minimum absolute atomic E-state index is 0.0592. The first-order valence-corrected chi connectivity index (χ1v) is 11.4. The molecule has 32 heavy (non-hydrogen) atoms. The maximum Gasteiger partial charge on any atom is 0.122 e. The molecule has 1 N–H and O–H groups in total. The first-order chi connectivity index (χ1) is 15.6. The summed E-state index contributed by atoms with van der Waals surface area (Å²) in [6.07, 6.45) is 1.27. The van der Waals surface area contributed by atoms with E-state index in [0.29, 0.717) is 16.8 Å².